The Labute approximate surface area is 141 Å². The molecule has 0 amide bonds. The average Bonchev–Trinajstić information content (AvgIpc) is 2.61. The number of methoxy groups -OCH3 is 1. The molecule has 0 atom stereocenters. The van der Waals surface area contributed by atoms with E-state index in [-0.39, 0.29) is 23.6 Å². The zero-order valence-electron chi connectivity index (χ0n) is 13.7. The molecule has 0 aliphatic carbocycles. The van der Waals surface area contributed by atoms with Crippen molar-refractivity contribution in [1.82, 2.24) is 0 Å². The Bertz CT molecular complexity index is 872. The molecule has 126 valence electrons. The van der Waals surface area contributed by atoms with E-state index >= 15 is 0 Å². The molecule has 3 rings (SSSR count). The zero-order chi connectivity index (χ0) is 17.3. The summed E-state index contributed by atoms with van der Waals surface area (Å²) < 4.78 is 32.4. The van der Waals surface area contributed by atoms with E-state index in [2.05, 4.69) is 0 Å². The highest BCUT2D eigenvalue weighted by Gasteiger charge is 2.32. The van der Waals surface area contributed by atoms with Gasteiger partial charge < -0.3 is 4.74 Å². The van der Waals surface area contributed by atoms with E-state index in [4.69, 9.17) is 4.74 Å². The Kier molecular flexibility index (Phi) is 4.32. The molecule has 0 bridgehead atoms. The van der Waals surface area contributed by atoms with Crippen LogP contribution in [0.3, 0.4) is 0 Å². The third-order valence-electron chi connectivity index (χ3n) is 4.23. The first-order chi connectivity index (χ1) is 11.5. The predicted molar refractivity (Wildman–Crippen MR) is 92.3 cm³/mol. The molecule has 24 heavy (non-hydrogen) atoms. The SMILES string of the molecule is CCc1ccc(S(=O)(=O)N2CCC(=O)c3cc(OC)ccc32)cc1. The number of nitrogens with zero attached hydrogens (tertiary/aromatic N) is 1. The van der Waals surface area contributed by atoms with E-state index in [1.54, 1.807) is 30.3 Å². The first kappa shape index (κ1) is 16.5. The summed E-state index contributed by atoms with van der Waals surface area (Å²) in [7, 11) is -2.19. The smallest absolute Gasteiger partial charge is 0.264 e. The second kappa shape index (κ2) is 6.28. The van der Waals surface area contributed by atoms with Crippen LogP contribution in [0.2, 0.25) is 0 Å². The number of carbonyl (C=O) groups is 1. The number of sulfonamides is 1. The number of ether oxygens (including phenoxy) is 1. The third kappa shape index (κ3) is 2.78. The van der Waals surface area contributed by atoms with Crippen LogP contribution in [0.1, 0.15) is 29.3 Å². The Hall–Kier alpha value is -2.34. The summed E-state index contributed by atoms with van der Waals surface area (Å²) in [6, 6.07) is 11.8. The molecule has 0 saturated heterocycles. The van der Waals surface area contributed by atoms with E-state index in [1.807, 2.05) is 19.1 Å². The molecule has 0 radical (unpaired) electrons. The first-order valence-corrected chi connectivity index (χ1v) is 9.24. The number of rotatable bonds is 4. The summed E-state index contributed by atoms with van der Waals surface area (Å²) in [6.45, 7) is 2.17. The van der Waals surface area contributed by atoms with Crippen molar-refractivity contribution in [3.63, 3.8) is 0 Å². The number of benzene rings is 2. The van der Waals surface area contributed by atoms with Gasteiger partial charge in [-0.2, -0.15) is 0 Å². The van der Waals surface area contributed by atoms with Crippen LogP contribution in [0.4, 0.5) is 5.69 Å². The quantitative estimate of drug-likeness (QED) is 0.854. The molecule has 0 unspecified atom stereocenters. The molecule has 1 aliphatic rings. The number of carbonyl (C=O) groups excluding carboxylic acids is 1. The van der Waals surface area contributed by atoms with Gasteiger partial charge in [-0.25, -0.2) is 8.42 Å². The van der Waals surface area contributed by atoms with Crippen molar-refractivity contribution in [3.05, 3.63) is 53.6 Å². The molecule has 0 aromatic heterocycles. The van der Waals surface area contributed by atoms with Crippen molar-refractivity contribution in [2.75, 3.05) is 18.0 Å². The van der Waals surface area contributed by atoms with Crippen molar-refractivity contribution in [3.8, 4) is 5.75 Å². The predicted octanol–water partition coefficient (Wildman–Crippen LogP) is 3.04. The lowest BCUT2D eigenvalue weighted by Crippen LogP contribution is -2.37. The van der Waals surface area contributed by atoms with Crippen LogP contribution in [0.5, 0.6) is 5.75 Å². The summed E-state index contributed by atoms with van der Waals surface area (Å²) in [5.41, 5.74) is 1.87. The van der Waals surface area contributed by atoms with Gasteiger partial charge in [-0.05, 0) is 42.3 Å². The molecule has 0 saturated carbocycles. The molecule has 6 heteroatoms. The maximum Gasteiger partial charge on any atom is 0.264 e. The Morgan fingerprint density at radius 1 is 1.12 bits per heavy atom. The summed E-state index contributed by atoms with van der Waals surface area (Å²) in [5, 5.41) is 0. The van der Waals surface area contributed by atoms with Gasteiger partial charge in [0.1, 0.15) is 5.75 Å². The molecule has 0 fully saturated rings. The lowest BCUT2D eigenvalue weighted by Gasteiger charge is -2.30. The molecule has 0 N–H and O–H groups in total. The van der Waals surface area contributed by atoms with Gasteiger partial charge in [0.05, 0.1) is 17.7 Å². The standard InChI is InChI=1S/C18H19NO4S/c1-3-13-4-7-15(8-5-13)24(21,22)19-11-10-18(20)16-12-14(23-2)6-9-17(16)19/h4-9,12H,3,10-11H2,1-2H3. The third-order valence-corrected chi connectivity index (χ3v) is 6.06. The summed E-state index contributed by atoms with van der Waals surface area (Å²) in [4.78, 5) is 12.4. The van der Waals surface area contributed by atoms with Crippen LogP contribution >= 0.6 is 0 Å². The minimum Gasteiger partial charge on any atom is -0.497 e. The van der Waals surface area contributed by atoms with Crippen molar-refractivity contribution < 1.29 is 17.9 Å². The molecule has 0 spiro atoms. The average molecular weight is 345 g/mol. The van der Waals surface area contributed by atoms with Crippen LogP contribution in [-0.2, 0) is 16.4 Å². The lowest BCUT2D eigenvalue weighted by atomic mass is 10.0. The first-order valence-electron chi connectivity index (χ1n) is 7.80. The highest BCUT2D eigenvalue weighted by atomic mass is 32.2. The Morgan fingerprint density at radius 3 is 2.46 bits per heavy atom. The number of aryl methyl sites for hydroxylation is 1. The van der Waals surface area contributed by atoms with E-state index in [9.17, 15) is 13.2 Å². The molecular weight excluding hydrogens is 326 g/mol. The number of fused-ring (bicyclic) bond motifs is 1. The van der Waals surface area contributed by atoms with Crippen molar-refractivity contribution in [1.29, 1.82) is 0 Å². The molecule has 2 aromatic carbocycles. The van der Waals surface area contributed by atoms with Crippen LogP contribution in [0.25, 0.3) is 0 Å². The van der Waals surface area contributed by atoms with Crippen molar-refractivity contribution in [2.24, 2.45) is 0 Å². The summed E-state index contributed by atoms with van der Waals surface area (Å²) in [5.74, 6) is 0.463. The number of anilines is 1. The lowest BCUT2D eigenvalue weighted by molar-refractivity contribution is 0.0981. The van der Waals surface area contributed by atoms with Crippen molar-refractivity contribution in [2.45, 2.75) is 24.7 Å². The van der Waals surface area contributed by atoms with Gasteiger partial charge >= 0.3 is 0 Å². The number of hydrogen-bond acceptors (Lipinski definition) is 4. The van der Waals surface area contributed by atoms with Gasteiger partial charge in [-0.3, -0.25) is 9.10 Å². The fraction of sp³-hybridized carbons (Fsp3) is 0.278. The second-order valence-corrected chi connectivity index (χ2v) is 7.49. The van der Waals surface area contributed by atoms with E-state index in [0.29, 0.717) is 17.0 Å². The van der Waals surface area contributed by atoms with E-state index in [1.165, 1.54) is 11.4 Å². The maximum atomic E-state index is 13.0. The fourth-order valence-electron chi connectivity index (χ4n) is 2.82. The molecular formula is C18H19NO4S. The van der Waals surface area contributed by atoms with Crippen LogP contribution in [-0.4, -0.2) is 27.9 Å². The molecule has 1 aliphatic heterocycles. The van der Waals surface area contributed by atoms with Crippen LogP contribution < -0.4 is 9.04 Å². The van der Waals surface area contributed by atoms with Gasteiger partial charge in [0.25, 0.3) is 10.0 Å². The van der Waals surface area contributed by atoms with E-state index < -0.39 is 10.0 Å². The fourth-order valence-corrected chi connectivity index (χ4v) is 4.30. The molecule has 2 aromatic rings. The number of hydrogen-bond donors (Lipinski definition) is 0. The number of ketones is 1. The summed E-state index contributed by atoms with van der Waals surface area (Å²) in [6.07, 6.45) is 1.01. The van der Waals surface area contributed by atoms with Gasteiger partial charge in [-0.15, -0.1) is 0 Å². The molecule has 5 nitrogen and oxygen atoms in total. The van der Waals surface area contributed by atoms with Crippen LogP contribution in [0.15, 0.2) is 47.4 Å². The summed E-state index contributed by atoms with van der Waals surface area (Å²) >= 11 is 0. The van der Waals surface area contributed by atoms with Gasteiger partial charge in [0, 0.05) is 18.5 Å². The molecule has 1 heterocycles. The van der Waals surface area contributed by atoms with Crippen LogP contribution in [0, 0.1) is 0 Å². The minimum absolute atomic E-state index is 0.0725. The van der Waals surface area contributed by atoms with E-state index in [0.717, 1.165) is 12.0 Å². The highest BCUT2D eigenvalue weighted by Crippen LogP contribution is 2.34. The zero-order valence-corrected chi connectivity index (χ0v) is 14.5. The largest absolute Gasteiger partial charge is 0.497 e. The topological polar surface area (TPSA) is 63.7 Å². The maximum absolute atomic E-state index is 13.0. The minimum atomic E-state index is -3.70. The van der Waals surface area contributed by atoms with Crippen molar-refractivity contribution >= 4 is 21.5 Å². The normalized spacial score (nSPS) is 14.4. The van der Waals surface area contributed by atoms with Gasteiger partial charge in [0.2, 0.25) is 0 Å². The monoisotopic (exact) mass is 345 g/mol. The van der Waals surface area contributed by atoms with Gasteiger partial charge in [0.15, 0.2) is 5.78 Å². The number of Topliss-reactive ketones (excluding diaryl/α,β-unsaturated/α-hetero) is 1. The second-order valence-electron chi connectivity index (χ2n) is 5.63. The highest BCUT2D eigenvalue weighted by molar-refractivity contribution is 7.92. The Morgan fingerprint density at radius 2 is 1.83 bits per heavy atom. The van der Waals surface area contributed by atoms with Gasteiger partial charge in [-0.1, -0.05) is 19.1 Å². The Balaban J connectivity index is 2.06.